The molecule has 0 aliphatic rings. The van der Waals surface area contributed by atoms with Crippen LogP contribution in [0.15, 0.2) is 47.3 Å². The highest BCUT2D eigenvalue weighted by Crippen LogP contribution is 2.28. The summed E-state index contributed by atoms with van der Waals surface area (Å²) in [7, 11) is 0. The van der Waals surface area contributed by atoms with Gasteiger partial charge in [0.2, 0.25) is 5.88 Å². The molecule has 3 N–H and O–H groups in total. The lowest BCUT2D eigenvalue weighted by molar-refractivity contribution is -0.135. The van der Waals surface area contributed by atoms with E-state index in [1.165, 1.54) is 4.57 Å². The van der Waals surface area contributed by atoms with Gasteiger partial charge in [-0.2, -0.15) is 4.98 Å². The van der Waals surface area contributed by atoms with Crippen molar-refractivity contribution in [2.45, 2.75) is 46.6 Å². The molecule has 1 heterocycles. The van der Waals surface area contributed by atoms with Crippen LogP contribution in [0.4, 0.5) is 0 Å². The van der Waals surface area contributed by atoms with Gasteiger partial charge in [-0.1, -0.05) is 63.2 Å². The Balaban J connectivity index is 2.19. The molecule has 1 amide bonds. The van der Waals surface area contributed by atoms with E-state index in [1.807, 2.05) is 56.3 Å². The van der Waals surface area contributed by atoms with Gasteiger partial charge in [0.05, 0.1) is 6.54 Å². The molecular weight excluding hydrogens is 434 g/mol. The Morgan fingerprint density at radius 2 is 1.62 bits per heavy atom. The van der Waals surface area contributed by atoms with E-state index in [-0.39, 0.29) is 17.8 Å². The van der Waals surface area contributed by atoms with Crippen molar-refractivity contribution in [1.29, 1.82) is 0 Å². The van der Waals surface area contributed by atoms with Crippen molar-refractivity contribution >= 4 is 11.9 Å². The monoisotopic (exact) mass is 463 g/mol. The van der Waals surface area contributed by atoms with Gasteiger partial charge in [-0.15, -0.1) is 0 Å². The third-order valence-corrected chi connectivity index (χ3v) is 5.64. The van der Waals surface area contributed by atoms with Crippen LogP contribution in [0.3, 0.4) is 0 Å². The minimum Gasteiger partial charge on any atom is -0.493 e. The lowest BCUT2D eigenvalue weighted by Crippen LogP contribution is -2.37. The molecule has 34 heavy (non-hydrogen) atoms. The van der Waals surface area contributed by atoms with Gasteiger partial charge >= 0.3 is 5.97 Å². The molecule has 3 rings (SSSR count). The molecule has 0 unspecified atom stereocenters. The first-order valence-electron chi connectivity index (χ1n) is 10.9. The van der Waals surface area contributed by atoms with Crippen molar-refractivity contribution < 1.29 is 19.8 Å². The number of aromatic hydroxyl groups is 1. The van der Waals surface area contributed by atoms with Crippen molar-refractivity contribution in [1.82, 2.24) is 14.9 Å². The lowest BCUT2D eigenvalue weighted by Gasteiger charge is -2.20. The average Bonchev–Trinajstić information content (AvgIpc) is 2.74. The number of aromatic nitrogens is 2. The summed E-state index contributed by atoms with van der Waals surface area (Å²) in [5.41, 5.74) is 2.95. The van der Waals surface area contributed by atoms with E-state index in [1.54, 1.807) is 0 Å². The number of nitrogens with zero attached hydrogens (tertiary/aromatic N) is 2. The van der Waals surface area contributed by atoms with Crippen molar-refractivity contribution in [2.24, 2.45) is 0 Å². The highest BCUT2D eigenvalue weighted by Gasteiger charge is 2.25. The maximum atomic E-state index is 13.5. The van der Waals surface area contributed by atoms with Gasteiger partial charge < -0.3 is 15.5 Å². The van der Waals surface area contributed by atoms with Crippen LogP contribution in [0, 0.1) is 13.8 Å². The molecule has 0 atom stereocenters. The van der Waals surface area contributed by atoms with Crippen LogP contribution < -0.4 is 10.9 Å². The van der Waals surface area contributed by atoms with Crippen LogP contribution >= 0.6 is 0 Å². The zero-order valence-electron chi connectivity index (χ0n) is 20.0. The molecule has 8 nitrogen and oxygen atoms in total. The van der Waals surface area contributed by atoms with Gasteiger partial charge in [-0.25, -0.2) is 0 Å². The summed E-state index contributed by atoms with van der Waals surface area (Å²) in [5, 5.41) is 21.5. The molecule has 3 aromatic rings. The summed E-state index contributed by atoms with van der Waals surface area (Å²) in [6.45, 7) is 9.50. The van der Waals surface area contributed by atoms with Crippen molar-refractivity contribution in [2.75, 3.05) is 6.54 Å². The average molecular weight is 464 g/mol. The SMILES string of the molecule is Cc1cccc(C)c1-c1nc(O)c(C(=O)NCC(=O)O)c(=O)n1Cc1ccc(C(C)(C)C)cc1. The number of aliphatic carboxylic acids is 1. The number of carboxylic acid groups (broad SMARTS) is 1. The van der Waals surface area contributed by atoms with Crippen LogP contribution in [-0.2, 0) is 16.8 Å². The molecule has 178 valence electrons. The highest BCUT2D eigenvalue weighted by atomic mass is 16.4. The summed E-state index contributed by atoms with van der Waals surface area (Å²) in [5.74, 6) is -2.79. The molecule has 0 saturated heterocycles. The van der Waals surface area contributed by atoms with E-state index in [4.69, 9.17) is 5.11 Å². The lowest BCUT2D eigenvalue weighted by atomic mass is 9.87. The molecule has 2 aromatic carbocycles. The maximum Gasteiger partial charge on any atom is 0.322 e. The number of aryl methyl sites for hydroxylation is 2. The second-order valence-electron chi connectivity index (χ2n) is 9.32. The summed E-state index contributed by atoms with van der Waals surface area (Å²) in [4.78, 5) is 41.1. The number of hydrogen-bond donors (Lipinski definition) is 3. The molecule has 0 radical (unpaired) electrons. The van der Waals surface area contributed by atoms with E-state index in [9.17, 15) is 19.5 Å². The molecule has 8 heteroatoms. The molecule has 0 bridgehead atoms. The summed E-state index contributed by atoms with van der Waals surface area (Å²) < 4.78 is 1.34. The molecule has 1 aromatic heterocycles. The van der Waals surface area contributed by atoms with E-state index < -0.39 is 35.4 Å². The van der Waals surface area contributed by atoms with Crippen LogP contribution in [0.5, 0.6) is 5.88 Å². The highest BCUT2D eigenvalue weighted by molar-refractivity contribution is 5.97. The smallest absolute Gasteiger partial charge is 0.322 e. The fourth-order valence-electron chi connectivity index (χ4n) is 3.78. The standard InChI is InChI=1S/C26H29N3O5/c1-15-7-6-8-16(2)20(15)22-28-24(33)21(23(32)27-13-19(30)31)25(34)29(22)14-17-9-11-18(12-10-17)26(3,4)5/h6-12,33H,13-14H2,1-5H3,(H,27,32)(H,30,31). The first kappa shape index (κ1) is 24.7. The van der Waals surface area contributed by atoms with Gasteiger partial charge in [-0.3, -0.25) is 19.0 Å². The second-order valence-corrected chi connectivity index (χ2v) is 9.32. The molecule has 0 fully saturated rings. The van der Waals surface area contributed by atoms with Crippen LogP contribution in [-0.4, -0.2) is 38.2 Å². The first-order valence-corrected chi connectivity index (χ1v) is 10.9. The Hall–Kier alpha value is -3.94. The maximum absolute atomic E-state index is 13.5. The predicted molar refractivity (Wildman–Crippen MR) is 129 cm³/mol. The van der Waals surface area contributed by atoms with Gasteiger partial charge in [0.1, 0.15) is 12.4 Å². The minimum atomic E-state index is -1.27. The number of hydrogen-bond acceptors (Lipinski definition) is 5. The largest absolute Gasteiger partial charge is 0.493 e. The Morgan fingerprint density at radius 1 is 1.03 bits per heavy atom. The minimum absolute atomic E-state index is 0.0335. The molecule has 0 aliphatic heterocycles. The predicted octanol–water partition coefficient (Wildman–Crippen LogP) is 3.39. The Bertz CT molecular complexity index is 1280. The zero-order valence-corrected chi connectivity index (χ0v) is 20.0. The number of benzene rings is 2. The zero-order chi connectivity index (χ0) is 25.2. The van der Waals surface area contributed by atoms with Crippen LogP contribution in [0.25, 0.3) is 11.4 Å². The van der Waals surface area contributed by atoms with E-state index in [2.05, 4.69) is 31.1 Å². The number of rotatable bonds is 6. The Labute approximate surface area is 197 Å². The van der Waals surface area contributed by atoms with Gasteiger partial charge in [-0.05, 0) is 41.5 Å². The summed E-state index contributed by atoms with van der Waals surface area (Å²) in [6.07, 6.45) is 0. The Morgan fingerprint density at radius 3 is 2.15 bits per heavy atom. The molecule has 0 saturated carbocycles. The fourth-order valence-corrected chi connectivity index (χ4v) is 3.78. The number of carbonyl (C=O) groups is 2. The number of amides is 1. The third-order valence-electron chi connectivity index (χ3n) is 5.64. The van der Waals surface area contributed by atoms with Gasteiger partial charge in [0.25, 0.3) is 11.5 Å². The van der Waals surface area contributed by atoms with E-state index in [0.29, 0.717) is 5.56 Å². The quantitative estimate of drug-likeness (QED) is 0.515. The fraction of sp³-hybridized carbons (Fsp3) is 0.308. The number of nitrogens with one attached hydrogen (secondary N) is 1. The Kier molecular flexibility index (Phi) is 6.91. The summed E-state index contributed by atoms with van der Waals surface area (Å²) in [6, 6.07) is 13.5. The van der Waals surface area contributed by atoms with Crippen LogP contribution in [0.2, 0.25) is 0 Å². The van der Waals surface area contributed by atoms with E-state index >= 15 is 0 Å². The number of carboxylic acids is 1. The van der Waals surface area contributed by atoms with E-state index in [0.717, 1.165) is 22.3 Å². The number of carbonyl (C=O) groups excluding carboxylic acids is 1. The van der Waals surface area contributed by atoms with Gasteiger partial charge in [0, 0.05) is 5.56 Å². The molecule has 0 spiro atoms. The van der Waals surface area contributed by atoms with Crippen LogP contribution in [0.1, 0.15) is 53.4 Å². The third kappa shape index (κ3) is 5.17. The normalized spacial score (nSPS) is 11.3. The van der Waals surface area contributed by atoms with Crippen molar-refractivity contribution in [3.63, 3.8) is 0 Å². The second kappa shape index (κ2) is 9.51. The van der Waals surface area contributed by atoms with Crippen molar-refractivity contribution in [3.05, 3.63) is 80.6 Å². The topological polar surface area (TPSA) is 122 Å². The summed E-state index contributed by atoms with van der Waals surface area (Å²) >= 11 is 0. The molecular formula is C26H29N3O5. The molecule has 0 aliphatic carbocycles. The first-order chi connectivity index (χ1) is 15.9. The van der Waals surface area contributed by atoms with Crippen molar-refractivity contribution in [3.8, 4) is 17.3 Å². The van der Waals surface area contributed by atoms with Gasteiger partial charge in [0.15, 0.2) is 5.56 Å².